The summed E-state index contributed by atoms with van der Waals surface area (Å²) in [6, 6.07) is 6.07. The van der Waals surface area contributed by atoms with Gasteiger partial charge in [0.1, 0.15) is 41.8 Å². The third-order valence-corrected chi connectivity index (χ3v) is 5.82. The minimum absolute atomic E-state index is 0.0652. The van der Waals surface area contributed by atoms with Gasteiger partial charge in [0.15, 0.2) is 6.23 Å². The Morgan fingerprint density at radius 1 is 0.968 bits per heavy atom. The summed E-state index contributed by atoms with van der Waals surface area (Å²) >= 11 is 6.31. The van der Waals surface area contributed by atoms with Crippen LogP contribution in [0.5, 0.6) is 5.75 Å². The number of rotatable bonds is 4. The van der Waals surface area contributed by atoms with Crippen LogP contribution in [0, 0.1) is 11.6 Å². The number of aromatic nitrogens is 1. The lowest BCUT2D eigenvalue weighted by atomic mass is 9.98. The first kappa shape index (κ1) is 21.9. The summed E-state index contributed by atoms with van der Waals surface area (Å²) in [5, 5.41) is 49.8. The van der Waals surface area contributed by atoms with E-state index in [1.807, 2.05) is 0 Å². The van der Waals surface area contributed by atoms with Gasteiger partial charge in [0.2, 0.25) is 0 Å². The smallest absolute Gasteiger partial charge is 0.163 e. The Balaban J connectivity index is 1.86. The Bertz CT molecular complexity index is 1120. The molecule has 1 aromatic heterocycles. The predicted octanol–water partition coefficient (Wildman–Crippen LogP) is 1.84. The Morgan fingerprint density at radius 3 is 2.39 bits per heavy atom. The normalized spacial score (nSPS) is 26.5. The predicted molar refractivity (Wildman–Crippen MR) is 107 cm³/mol. The van der Waals surface area contributed by atoms with E-state index >= 15 is 0 Å². The molecule has 0 aliphatic carbocycles. The van der Waals surface area contributed by atoms with Crippen LogP contribution in [0.4, 0.5) is 8.78 Å². The van der Waals surface area contributed by atoms with Crippen LogP contribution < -0.4 is 0 Å². The maximum absolute atomic E-state index is 14.8. The summed E-state index contributed by atoms with van der Waals surface area (Å²) in [4.78, 5) is 0. The Morgan fingerprint density at radius 2 is 1.71 bits per heavy atom. The second-order valence-electron chi connectivity index (χ2n) is 7.49. The van der Waals surface area contributed by atoms with Crippen molar-refractivity contribution in [2.45, 2.75) is 37.1 Å². The van der Waals surface area contributed by atoms with E-state index in [0.717, 1.165) is 12.1 Å². The van der Waals surface area contributed by atoms with Gasteiger partial charge in [0.25, 0.3) is 0 Å². The molecule has 1 fully saturated rings. The Hall–Kier alpha value is -2.27. The van der Waals surface area contributed by atoms with Crippen LogP contribution in [0.1, 0.15) is 17.4 Å². The van der Waals surface area contributed by atoms with E-state index in [1.54, 1.807) is 0 Å². The highest BCUT2D eigenvalue weighted by Gasteiger charge is 2.44. The first-order valence-electron chi connectivity index (χ1n) is 9.48. The molecule has 1 aliphatic heterocycles. The minimum atomic E-state index is -1.64. The van der Waals surface area contributed by atoms with Crippen LogP contribution in [0.25, 0.3) is 10.9 Å². The number of phenols is 1. The van der Waals surface area contributed by atoms with Crippen LogP contribution in [0.2, 0.25) is 5.02 Å². The van der Waals surface area contributed by atoms with Crippen LogP contribution in [-0.4, -0.2) is 61.1 Å². The Kier molecular flexibility index (Phi) is 5.91. The number of hydrogen-bond donors (Lipinski definition) is 5. The van der Waals surface area contributed by atoms with E-state index in [4.69, 9.17) is 16.3 Å². The number of ether oxygens (including phenoxy) is 1. The number of hydrogen-bond acceptors (Lipinski definition) is 6. The molecule has 5 atom stereocenters. The lowest BCUT2D eigenvalue weighted by molar-refractivity contribution is -0.250. The molecule has 1 saturated heterocycles. The number of benzene rings is 2. The summed E-state index contributed by atoms with van der Waals surface area (Å²) in [6.45, 7) is -0.631. The molecular formula is C21H20ClF2NO6. The van der Waals surface area contributed by atoms with Crippen molar-refractivity contribution in [3.63, 3.8) is 0 Å². The van der Waals surface area contributed by atoms with Gasteiger partial charge in [-0.1, -0.05) is 17.7 Å². The summed E-state index contributed by atoms with van der Waals surface area (Å²) in [5.74, 6) is -1.58. The summed E-state index contributed by atoms with van der Waals surface area (Å²) in [5.41, 5.74) is 0.641. The van der Waals surface area contributed by atoms with Gasteiger partial charge in [-0.05, 0) is 29.3 Å². The van der Waals surface area contributed by atoms with Crippen molar-refractivity contribution < 1.29 is 39.1 Å². The minimum Gasteiger partial charge on any atom is -0.508 e. The Labute approximate surface area is 180 Å². The summed E-state index contributed by atoms with van der Waals surface area (Å²) in [6.07, 6.45) is -5.95. The highest BCUT2D eigenvalue weighted by atomic mass is 35.5. The van der Waals surface area contributed by atoms with E-state index in [-0.39, 0.29) is 33.7 Å². The van der Waals surface area contributed by atoms with Gasteiger partial charge in [-0.3, -0.25) is 0 Å². The van der Waals surface area contributed by atoms with Crippen molar-refractivity contribution in [3.05, 3.63) is 64.3 Å². The SMILES string of the molecule is OC[C@H]1O[C@@H](n2cc(Cc3ccc(O)cc3F)c3c(F)ccc(Cl)c32)[C@H](O)[C@@H](O)[C@@H]1O. The zero-order valence-corrected chi connectivity index (χ0v) is 16.7. The molecule has 3 aromatic rings. The lowest BCUT2D eigenvalue weighted by Gasteiger charge is -2.40. The first-order valence-corrected chi connectivity index (χ1v) is 9.86. The van der Waals surface area contributed by atoms with Gasteiger partial charge < -0.3 is 34.8 Å². The van der Waals surface area contributed by atoms with Gasteiger partial charge in [-0.25, -0.2) is 8.78 Å². The molecule has 1 aliphatic rings. The number of aliphatic hydroxyl groups excluding tert-OH is 4. The average molecular weight is 456 g/mol. The highest BCUT2D eigenvalue weighted by Crippen LogP contribution is 2.38. The van der Waals surface area contributed by atoms with Crippen molar-refractivity contribution in [2.24, 2.45) is 0 Å². The third-order valence-electron chi connectivity index (χ3n) is 5.51. The van der Waals surface area contributed by atoms with Gasteiger partial charge in [0.05, 0.1) is 17.1 Å². The van der Waals surface area contributed by atoms with Gasteiger partial charge >= 0.3 is 0 Å². The number of halogens is 3. The second kappa shape index (κ2) is 8.34. The van der Waals surface area contributed by atoms with Crippen molar-refractivity contribution in [1.82, 2.24) is 4.57 Å². The van der Waals surface area contributed by atoms with E-state index in [2.05, 4.69) is 0 Å². The molecular weight excluding hydrogens is 436 g/mol. The molecule has 2 heterocycles. The standard InChI is InChI=1S/C21H20ClF2NO6/c22-12-3-4-13(23)16-10(5-9-1-2-11(27)6-14(9)24)7-25(17(12)16)21-20(30)19(29)18(28)15(8-26)31-21/h1-4,6-7,15,18-21,26-30H,5,8H2/t15-,18-,19+,20-,21-/m1/s1. The molecule has 7 nitrogen and oxygen atoms in total. The van der Waals surface area contributed by atoms with Gasteiger partial charge in [0, 0.05) is 24.1 Å². The molecule has 10 heteroatoms. The van der Waals surface area contributed by atoms with E-state index in [1.165, 1.54) is 29.0 Å². The fraction of sp³-hybridized carbons (Fsp3) is 0.333. The number of phenolic OH excluding ortho intramolecular Hbond substituents is 1. The topological polar surface area (TPSA) is 115 Å². The monoisotopic (exact) mass is 455 g/mol. The van der Waals surface area contributed by atoms with E-state index in [0.29, 0.717) is 5.56 Å². The molecule has 4 rings (SSSR count). The largest absolute Gasteiger partial charge is 0.508 e. The van der Waals surface area contributed by atoms with Crippen LogP contribution >= 0.6 is 11.6 Å². The van der Waals surface area contributed by atoms with Crippen molar-refractivity contribution >= 4 is 22.5 Å². The zero-order valence-electron chi connectivity index (χ0n) is 16.0. The molecule has 0 unspecified atom stereocenters. The molecule has 31 heavy (non-hydrogen) atoms. The average Bonchev–Trinajstić information content (AvgIpc) is 3.11. The number of fused-ring (bicyclic) bond motifs is 1. The fourth-order valence-corrected chi connectivity index (χ4v) is 4.18. The van der Waals surface area contributed by atoms with E-state index < -0.39 is 48.9 Å². The molecule has 0 saturated carbocycles. The number of nitrogens with zero attached hydrogens (tertiary/aromatic N) is 1. The van der Waals surface area contributed by atoms with Gasteiger partial charge in [-0.15, -0.1) is 0 Å². The van der Waals surface area contributed by atoms with Gasteiger partial charge in [-0.2, -0.15) is 0 Å². The molecule has 166 valence electrons. The van der Waals surface area contributed by atoms with Crippen molar-refractivity contribution in [3.8, 4) is 5.75 Å². The molecule has 0 spiro atoms. The first-order chi connectivity index (χ1) is 14.7. The molecule has 5 N–H and O–H groups in total. The molecule has 0 radical (unpaired) electrons. The van der Waals surface area contributed by atoms with E-state index in [9.17, 15) is 34.3 Å². The maximum Gasteiger partial charge on any atom is 0.163 e. The lowest BCUT2D eigenvalue weighted by Crippen LogP contribution is -2.56. The zero-order chi connectivity index (χ0) is 22.4. The molecule has 2 aromatic carbocycles. The molecule has 0 bridgehead atoms. The van der Waals surface area contributed by atoms with Crippen LogP contribution in [0.3, 0.4) is 0 Å². The summed E-state index contributed by atoms with van der Waals surface area (Å²) in [7, 11) is 0. The molecule has 0 amide bonds. The number of aromatic hydroxyl groups is 1. The third kappa shape index (κ3) is 3.78. The maximum atomic E-state index is 14.8. The second-order valence-corrected chi connectivity index (χ2v) is 7.89. The fourth-order valence-electron chi connectivity index (χ4n) is 3.93. The quantitative estimate of drug-likeness (QED) is 0.410. The number of aliphatic hydroxyl groups is 4. The highest BCUT2D eigenvalue weighted by molar-refractivity contribution is 6.35. The van der Waals surface area contributed by atoms with Crippen LogP contribution in [0.15, 0.2) is 36.5 Å². The van der Waals surface area contributed by atoms with Crippen molar-refractivity contribution in [1.29, 1.82) is 0 Å². The van der Waals surface area contributed by atoms with Crippen molar-refractivity contribution in [2.75, 3.05) is 6.61 Å². The van der Waals surface area contributed by atoms with Crippen LogP contribution in [-0.2, 0) is 11.2 Å². The summed E-state index contributed by atoms with van der Waals surface area (Å²) < 4.78 is 36.0.